The van der Waals surface area contributed by atoms with Gasteiger partial charge in [-0.05, 0) is 92.4 Å². The van der Waals surface area contributed by atoms with Crippen LogP contribution < -0.4 is 15.0 Å². The lowest BCUT2D eigenvalue weighted by Crippen LogP contribution is -2.54. The minimum Gasteiger partial charge on any atom is -0.487 e. The number of aryl methyl sites for hydroxylation is 1. The lowest BCUT2D eigenvalue weighted by molar-refractivity contribution is -0.122. The third-order valence-electron chi connectivity index (χ3n) is 5.02. The second-order valence-corrected chi connectivity index (χ2v) is 10.1. The van der Waals surface area contributed by atoms with E-state index in [1.54, 1.807) is 36.4 Å². The first kappa shape index (κ1) is 24.4. The Labute approximate surface area is 221 Å². The zero-order valence-electron chi connectivity index (χ0n) is 17.8. The lowest BCUT2D eigenvalue weighted by Gasteiger charge is -2.26. The highest BCUT2D eigenvalue weighted by Crippen LogP contribution is 2.36. The number of nitrogens with zero attached hydrogens (tertiary/aromatic N) is 1. The van der Waals surface area contributed by atoms with Gasteiger partial charge in [-0.25, -0.2) is 9.69 Å². The van der Waals surface area contributed by atoms with Crippen molar-refractivity contribution in [2.24, 2.45) is 0 Å². The summed E-state index contributed by atoms with van der Waals surface area (Å²) in [5, 5.41) is 2.23. The Kier molecular flexibility index (Phi) is 7.35. The Bertz CT molecular complexity index is 1300. The molecule has 4 amide bonds. The molecule has 0 atom stereocenters. The fraction of sp³-hybridized carbons (Fsp3) is 0.0800. The number of carbonyl (C=O) groups is 3. The van der Waals surface area contributed by atoms with E-state index in [2.05, 4.69) is 53.1 Å². The maximum atomic E-state index is 13.1. The average Bonchev–Trinajstić information content (AvgIpc) is 2.78. The molecule has 3 aromatic rings. The Morgan fingerprint density at radius 2 is 1.53 bits per heavy atom. The number of carbonyl (C=O) groups excluding carboxylic acids is 3. The Hall–Kier alpha value is -2.75. The van der Waals surface area contributed by atoms with E-state index >= 15 is 0 Å². The minimum absolute atomic E-state index is 0.158. The molecular formula is C25H17Br3N2O4. The fourth-order valence-corrected chi connectivity index (χ4v) is 5.00. The van der Waals surface area contributed by atoms with Crippen LogP contribution >= 0.6 is 47.8 Å². The number of barbiturate groups is 1. The van der Waals surface area contributed by atoms with Crippen molar-refractivity contribution in [1.29, 1.82) is 0 Å². The predicted octanol–water partition coefficient (Wildman–Crippen LogP) is 6.53. The average molecular weight is 649 g/mol. The van der Waals surface area contributed by atoms with Crippen LogP contribution in [0.4, 0.5) is 10.5 Å². The maximum absolute atomic E-state index is 13.1. The molecule has 1 N–H and O–H groups in total. The molecule has 1 saturated heterocycles. The maximum Gasteiger partial charge on any atom is 0.335 e. The molecule has 34 heavy (non-hydrogen) atoms. The number of rotatable bonds is 5. The van der Waals surface area contributed by atoms with Gasteiger partial charge in [-0.3, -0.25) is 14.9 Å². The number of ether oxygens (including phenoxy) is 1. The molecule has 6 nitrogen and oxygen atoms in total. The number of imide groups is 2. The Morgan fingerprint density at radius 3 is 2.15 bits per heavy atom. The molecule has 0 unspecified atom stereocenters. The van der Waals surface area contributed by atoms with Crippen LogP contribution in [0.3, 0.4) is 0 Å². The standard InChI is InChI=1S/C25H17Br3N2O4/c1-14-2-4-15(5-3-14)13-34-22-20(27)11-16(12-21(22)28)10-19-23(31)29-25(33)30(24(19)32)18-8-6-17(26)7-9-18/h2-12H,13H2,1H3,(H,29,31,33)/b19-10+. The summed E-state index contributed by atoms with van der Waals surface area (Å²) in [6.45, 7) is 2.40. The van der Waals surface area contributed by atoms with Gasteiger partial charge in [-0.2, -0.15) is 0 Å². The van der Waals surface area contributed by atoms with Crippen LogP contribution in [-0.4, -0.2) is 17.8 Å². The van der Waals surface area contributed by atoms with E-state index in [1.807, 2.05) is 31.2 Å². The molecule has 172 valence electrons. The predicted molar refractivity (Wildman–Crippen MR) is 140 cm³/mol. The summed E-state index contributed by atoms with van der Waals surface area (Å²) in [6, 6.07) is 17.4. The van der Waals surface area contributed by atoms with Crippen LogP contribution in [0.5, 0.6) is 5.75 Å². The molecule has 1 fully saturated rings. The van der Waals surface area contributed by atoms with Crippen LogP contribution in [0.25, 0.3) is 6.08 Å². The van der Waals surface area contributed by atoms with Crippen LogP contribution in [0.2, 0.25) is 0 Å². The summed E-state index contributed by atoms with van der Waals surface area (Å²) >= 11 is 10.3. The highest BCUT2D eigenvalue weighted by molar-refractivity contribution is 9.11. The van der Waals surface area contributed by atoms with Crippen LogP contribution in [0.15, 0.2) is 79.7 Å². The molecule has 9 heteroatoms. The number of halogens is 3. The van der Waals surface area contributed by atoms with Crippen molar-refractivity contribution in [2.45, 2.75) is 13.5 Å². The molecule has 3 aromatic carbocycles. The van der Waals surface area contributed by atoms with Crippen molar-refractivity contribution in [3.63, 3.8) is 0 Å². The van der Waals surface area contributed by atoms with E-state index in [0.717, 1.165) is 14.9 Å². The van der Waals surface area contributed by atoms with Crippen LogP contribution in [0, 0.1) is 6.92 Å². The van der Waals surface area contributed by atoms with Crippen molar-refractivity contribution in [3.05, 3.63) is 96.3 Å². The molecule has 1 aliphatic heterocycles. The quantitative estimate of drug-likeness (QED) is 0.252. The molecular weight excluding hydrogens is 632 g/mol. The van der Waals surface area contributed by atoms with Crippen molar-refractivity contribution in [1.82, 2.24) is 5.32 Å². The van der Waals surface area contributed by atoms with Gasteiger partial charge in [0, 0.05) is 4.47 Å². The third-order valence-corrected chi connectivity index (χ3v) is 6.73. The number of benzene rings is 3. The monoisotopic (exact) mass is 646 g/mol. The van der Waals surface area contributed by atoms with Gasteiger partial charge in [0.15, 0.2) is 0 Å². The molecule has 0 aliphatic carbocycles. The normalized spacial score (nSPS) is 15.0. The van der Waals surface area contributed by atoms with E-state index in [4.69, 9.17) is 4.74 Å². The van der Waals surface area contributed by atoms with E-state index in [9.17, 15) is 14.4 Å². The molecule has 0 aromatic heterocycles. The minimum atomic E-state index is -0.795. The molecule has 0 bridgehead atoms. The summed E-state index contributed by atoms with van der Waals surface area (Å²) in [4.78, 5) is 38.8. The van der Waals surface area contributed by atoms with Gasteiger partial charge >= 0.3 is 6.03 Å². The van der Waals surface area contributed by atoms with E-state index < -0.39 is 17.8 Å². The van der Waals surface area contributed by atoms with Crippen LogP contribution in [-0.2, 0) is 16.2 Å². The number of amides is 4. The van der Waals surface area contributed by atoms with Gasteiger partial charge < -0.3 is 4.74 Å². The Balaban J connectivity index is 1.60. The third kappa shape index (κ3) is 5.32. The first-order valence-electron chi connectivity index (χ1n) is 10.1. The molecule has 0 spiro atoms. The van der Waals surface area contributed by atoms with Gasteiger partial charge in [-0.15, -0.1) is 0 Å². The van der Waals surface area contributed by atoms with Gasteiger partial charge in [0.1, 0.15) is 17.9 Å². The summed E-state index contributed by atoms with van der Waals surface area (Å²) in [7, 11) is 0. The number of anilines is 1. The highest BCUT2D eigenvalue weighted by Gasteiger charge is 2.36. The molecule has 1 heterocycles. The summed E-state index contributed by atoms with van der Waals surface area (Å²) < 4.78 is 8.05. The Morgan fingerprint density at radius 1 is 0.912 bits per heavy atom. The number of hydrogen-bond acceptors (Lipinski definition) is 4. The molecule has 0 saturated carbocycles. The summed E-state index contributed by atoms with van der Waals surface area (Å²) in [5.41, 5.74) is 2.97. The highest BCUT2D eigenvalue weighted by atomic mass is 79.9. The summed E-state index contributed by atoms with van der Waals surface area (Å²) in [6.07, 6.45) is 1.44. The molecule has 4 rings (SSSR count). The van der Waals surface area contributed by atoms with E-state index in [1.165, 1.54) is 11.6 Å². The van der Waals surface area contributed by atoms with Crippen LogP contribution in [0.1, 0.15) is 16.7 Å². The zero-order chi connectivity index (χ0) is 24.4. The first-order chi connectivity index (χ1) is 16.2. The van der Waals surface area contributed by atoms with Crippen molar-refractivity contribution >= 4 is 77.4 Å². The first-order valence-corrected chi connectivity index (χ1v) is 12.5. The largest absolute Gasteiger partial charge is 0.487 e. The van der Waals surface area contributed by atoms with E-state index in [-0.39, 0.29) is 5.57 Å². The van der Waals surface area contributed by atoms with Gasteiger partial charge in [0.2, 0.25) is 0 Å². The molecule has 1 aliphatic rings. The lowest BCUT2D eigenvalue weighted by atomic mass is 10.1. The van der Waals surface area contributed by atoms with Crippen molar-refractivity contribution in [2.75, 3.05) is 4.90 Å². The second-order valence-electron chi connectivity index (χ2n) is 7.52. The fourth-order valence-electron chi connectivity index (χ4n) is 3.29. The van der Waals surface area contributed by atoms with Gasteiger partial charge in [-0.1, -0.05) is 45.8 Å². The topological polar surface area (TPSA) is 75.7 Å². The molecule has 0 radical (unpaired) electrons. The van der Waals surface area contributed by atoms with Crippen molar-refractivity contribution < 1.29 is 19.1 Å². The number of hydrogen-bond donors (Lipinski definition) is 1. The zero-order valence-corrected chi connectivity index (χ0v) is 22.5. The van der Waals surface area contributed by atoms with Crippen molar-refractivity contribution in [3.8, 4) is 5.75 Å². The number of nitrogens with one attached hydrogen (secondary N) is 1. The van der Waals surface area contributed by atoms with E-state index in [0.29, 0.717) is 32.6 Å². The smallest absolute Gasteiger partial charge is 0.335 e. The van der Waals surface area contributed by atoms with Gasteiger partial charge in [0.25, 0.3) is 11.8 Å². The number of urea groups is 1. The SMILES string of the molecule is Cc1ccc(COc2c(Br)cc(/C=C3\C(=O)NC(=O)N(c4ccc(Br)cc4)C3=O)cc2Br)cc1. The summed E-state index contributed by atoms with van der Waals surface area (Å²) in [5.74, 6) is -0.868. The second kappa shape index (κ2) is 10.2. The van der Waals surface area contributed by atoms with Gasteiger partial charge in [0.05, 0.1) is 14.6 Å².